The second kappa shape index (κ2) is 23.2. The summed E-state index contributed by atoms with van der Waals surface area (Å²) in [5.41, 5.74) is 4.08. The maximum atomic E-state index is 13.5. The summed E-state index contributed by atoms with van der Waals surface area (Å²) in [5, 5.41) is 14.3. The molecule has 4 aliphatic rings. The Balaban J connectivity index is 0.641. The number of carbonyl (C=O) groups excluding carboxylic acids is 6. The van der Waals surface area contributed by atoms with Crippen molar-refractivity contribution in [2.45, 2.75) is 44.2 Å². The standard InChI is InChI=1S/C49H55N9O10/c59-43-14-13-41(46(61)55-43)57-48(63)37-7-4-8-38(44(37)49(57)64)50-19-23-65-25-27-67-29-30-68-28-26-66-24-20-51-45(60)35-11-9-33(10-12-35)39-31-42(53-32-52-39)56-21-16-36(17-22-56)47(62)58-40(15-18-54-58)34-5-2-1-3-6-34/h1-12,18,31-32,36,40-41,50H,13-17,19-30H2,(H,51,60)(H,55,59,61). The summed E-state index contributed by atoms with van der Waals surface area (Å²) in [5.74, 6) is -1.65. The highest BCUT2D eigenvalue weighted by Gasteiger charge is 2.45. The number of hydrogen-bond donors (Lipinski definition) is 3. The fraction of sp³-hybridized carbons (Fsp3) is 0.408. The van der Waals surface area contributed by atoms with Gasteiger partial charge in [-0.15, -0.1) is 0 Å². The molecule has 19 nitrogen and oxygen atoms in total. The van der Waals surface area contributed by atoms with Crippen LogP contribution < -0.4 is 20.9 Å². The van der Waals surface area contributed by atoms with E-state index in [0.717, 1.165) is 34.0 Å². The van der Waals surface area contributed by atoms with Gasteiger partial charge in [0.1, 0.15) is 18.2 Å². The number of fused-ring (bicyclic) bond motifs is 1. The molecule has 2 fully saturated rings. The molecule has 0 aliphatic carbocycles. The van der Waals surface area contributed by atoms with Crippen molar-refractivity contribution in [2.24, 2.45) is 11.0 Å². The number of piperidine rings is 2. The third-order valence-electron chi connectivity index (χ3n) is 12.2. The van der Waals surface area contributed by atoms with Crippen molar-refractivity contribution in [1.82, 2.24) is 30.5 Å². The lowest BCUT2D eigenvalue weighted by Crippen LogP contribution is -2.54. The number of aromatic nitrogens is 2. The highest BCUT2D eigenvalue weighted by atomic mass is 16.6. The Morgan fingerprint density at radius 1 is 0.721 bits per heavy atom. The number of carbonyl (C=O) groups is 6. The molecule has 3 N–H and O–H groups in total. The fourth-order valence-corrected chi connectivity index (χ4v) is 8.61. The summed E-state index contributed by atoms with van der Waals surface area (Å²) in [6, 6.07) is 23.1. The van der Waals surface area contributed by atoms with Crippen molar-refractivity contribution >= 4 is 53.2 Å². The van der Waals surface area contributed by atoms with E-state index in [1.165, 1.54) is 0 Å². The van der Waals surface area contributed by atoms with Crippen LogP contribution in [0.5, 0.6) is 0 Å². The number of hydrazone groups is 1. The molecule has 2 saturated heterocycles. The van der Waals surface area contributed by atoms with Gasteiger partial charge >= 0.3 is 0 Å². The van der Waals surface area contributed by atoms with Crippen LogP contribution in [0.25, 0.3) is 11.3 Å². The Hall–Kier alpha value is -6.93. The summed E-state index contributed by atoms with van der Waals surface area (Å²) in [4.78, 5) is 88.6. The molecule has 68 heavy (non-hydrogen) atoms. The molecule has 1 aromatic heterocycles. The van der Waals surface area contributed by atoms with Gasteiger partial charge in [-0.3, -0.25) is 39.0 Å². The summed E-state index contributed by atoms with van der Waals surface area (Å²) in [7, 11) is 0. The van der Waals surface area contributed by atoms with Gasteiger partial charge in [0.05, 0.1) is 75.7 Å². The van der Waals surface area contributed by atoms with E-state index < -0.39 is 29.7 Å². The SMILES string of the molecule is O=C1CCC(N2C(=O)c3cccc(NCCOCCOCCOCCOCCNC(=O)c4ccc(-c5cc(N6CCC(C(=O)N7N=CCC7c7ccccc7)CC6)ncn5)cc4)c3C2=O)C(=O)N1. The van der Waals surface area contributed by atoms with Crippen LogP contribution in [-0.4, -0.2) is 147 Å². The van der Waals surface area contributed by atoms with Crippen molar-refractivity contribution in [3.63, 3.8) is 0 Å². The lowest BCUT2D eigenvalue weighted by molar-refractivity contribution is -0.138. The summed E-state index contributed by atoms with van der Waals surface area (Å²) < 4.78 is 22.3. The predicted octanol–water partition coefficient (Wildman–Crippen LogP) is 3.63. The molecule has 4 aromatic rings. The minimum atomic E-state index is -1.03. The van der Waals surface area contributed by atoms with Crippen LogP contribution in [0.4, 0.5) is 11.5 Å². The van der Waals surface area contributed by atoms with E-state index in [0.29, 0.717) is 103 Å². The molecular formula is C49H55N9O10. The molecule has 0 spiro atoms. The van der Waals surface area contributed by atoms with Gasteiger partial charge in [0.2, 0.25) is 17.7 Å². The number of amides is 6. The molecule has 0 radical (unpaired) electrons. The van der Waals surface area contributed by atoms with Gasteiger partial charge in [-0.2, -0.15) is 5.10 Å². The maximum absolute atomic E-state index is 13.5. The average Bonchev–Trinajstić information content (AvgIpc) is 3.96. The minimum Gasteiger partial charge on any atom is -0.382 e. The smallest absolute Gasteiger partial charge is 0.264 e. The van der Waals surface area contributed by atoms with Crippen molar-refractivity contribution in [3.05, 3.63) is 107 Å². The molecule has 4 aliphatic heterocycles. The molecule has 0 bridgehead atoms. The van der Waals surface area contributed by atoms with Gasteiger partial charge in [0, 0.05) is 74.0 Å². The minimum absolute atomic E-state index is 0.0537. The first-order chi connectivity index (χ1) is 33.3. The predicted molar refractivity (Wildman–Crippen MR) is 249 cm³/mol. The Labute approximate surface area is 393 Å². The van der Waals surface area contributed by atoms with E-state index in [1.54, 1.807) is 41.7 Å². The topological polar surface area (TPSA) is 223 Å². The first-order valence-corrected chi connectivity index (χ1v) is 23.0. The van der Waals surface area contributed by atoms with Crippen LogP contribution in [-0.2, 0) is 33.3 Å². The van der Waals surface area contributed by atoms with E-state index >= 15 is 0 Å². The molecular weight excluding hydrogens is 875 g/mol. The summed E-state index contributed by atoms with van der Waals surface area (Å²) >= 11 is 0. The Kier molecular flexibility index (Phi) is 16.2. The molecule has 356 valence electrons. The number of benzene rings is 3. The number of imide groups is 2. The molecule has 8 rings (SSSR count). The number of nitrogens with zero attached hydrogens (tertiary/aromatic N) is 6. The lowest BCUT2D eigenvalue weighted by Gasteiger charge is -2.34. The van der Waals surface area contributed by atoms with Crippen LogP contribution in [0.15, 0.2) is 90.3 Å². The molecule has 0 saturated carbocycles. The highest BCUT2D eigenvalue weighted by Crippen LogP contribution is 2.34. The lowest BCUT2D eigenvalue weighted by atomic mass is 9.94. The summed E-state index contributed by atoms with van der Waals surface area (Å²) in [6.45, 7) is 4.92. The second-order valence-electron chi connectivity index (χ2n) is 16.6. The van der Waals surface area contributed by atoms with Crippen LogP contribution in [0, 0.1) is 5.92 Å². The third kappa shape index (κ3) is 11.6. The number of anilines is 2. The Morgan fingerprint density at radius 3 is 2.12 bits per heavy atom. The van der Waals surface area contributed by atoms with E-state index in [4.69, 9.17) is 18.9 Å². The fourth-order valence-electron chi connectivity index (χ4n) is 8.61. The zero-order chi connectivity index (χ0) is 47.2. The average molecular weight is 930 g/mol. The zero-order valence-electron chi connectivity index (χ0n) is 37.7. The number of rotatable bonds is 22. The van der Waals surface area contributed by atoms with Gasteiger partial charge in [-0.05, 0) is 49.1 Å². The van der Waals surface area contributed by atoms with Gasteiger partial charge in [-0.25, -0.2) is 15.0 Å². The second-order valence-corrected chi connectivity index (χ2v) is 16.6. The van der Waals surface area contributed by atoms with E-state index in [-0.39, 0.29) is 47.7 Å². The summed E-state index contributed by atoms with van der Waals surface area (Å²) in [6.07, 6.45) is 5.66. The van der Waals surface area contributed by atoms with E-state index in [2.05, 4.69) is 35.9 Å². The zero-order valence-corrected chi connectivity index (χ0v) is 37.7. The van der Waals surface area contributed by atoms with Crippen molar-refractivity contribution in [3.8, 4) is 11.3 Å². The first kappa shape index (κ1) is 47.6. The maximum Gasteiger partial charge on any atom is 0.264 e. The van der Waals surface area contributed by atoms with Crippen LogP contribution in [0.1, 0.15) is 74.8 Å². The molecule has 3 aromatic carbocycles. The normalized spacial score (nSPS) is 18.3. The Morgan fingerprint density at radius 2 is 1.41 bits per heavy atom. The Bertz CT molecular complexity index is 2460. The number of hydrogen-bond acceptors (Lipinski definition) is 15. The van der Waals surface area contributed by atoms with Gasteiger partial charge in [0.25, 0.3) is 17.7 Å². The van der Waals surface area contributed by atoms with Crippen LogP contribution >= 0.6 is 0 Å². The van der Waals surface area contributed by atoms with Crippen LogP contribution in [0.3, 0.4) is 0 Å². The first-order valence-electron chi connectivity index (χ1n) is 23.0. The van der Waals surface area contributed by atoms with Crippen LogP contribution in [0.2, 0.25) is 0 Å². The van der Waals surface area contributed by atoms with E-state index in [9.17, 15) is 28.8 Å². The molecule has 5 heterocycles. The van der Waals surface area contributed by atoms with Crippen molar-refractivity contribution in [1.29, 1.82) is 0 Å². The van der Waals surface area contributed by atoms with Gasteiger partial charge < -0.3 is 34.5 Å². The van der Waals surface area contributed by atoms with Crippen molar-refractivity contribution < 1.29 is 47.7 Å². The van der Waals surface area contributed by atoms with Crippen molar-refractivity contribution in [2.75, 3.05) is 89.3 Å². The highest BCUT2D eigenvalue weighted by molar-refractivity contribution is 6.25. The quantitative estimate of drug-likeness (QED) is 0.0757. The molecule has 2 atom stereocenters. The third-order valence-corrected chi connectivity index (χ3v) is 12.2. The monoisotopic (exact) mass is 929 g/mol. The number of ether oxygens (including phenoxy) is 4. The van der Waals surface area contributed by atoms with E-state index in [1.807, 2.05) is 54.7 Å². The van der Waals surface area contributed by atoms with Gasteiger partial charge in [-0.1, -0.05) is 48.5 Å². The molecule has 2 unspecified atom stereocenters. The molecule has 19 heteroatoms. The number of nitrogens with one attached hydrogen (secondary N) is 3. The molecule has 6 amide bonds. The largest absolute Gasteiger partial charge is 0.382 e. The van der Waals surface area contributed by atoms with Gasteiger partial charge in [0.15, 0.2) is 0 Å².